The minimum atomic E-state index is -0.268. The Morgan fingerprint density at radius 1 is 0.223 bits per heavy atom. The Morgan fingerprint density at radius 3 is 0.662 bits per heavy atom. The molecule has 0 bridgehead atoms. The molecule has 0 saturated carbocycles. The van der Waals surface area contributed by atoms with Gasteiger partial charge in [0.05, 0.1) is 26.9 Å². The maximum absolute atomic E-state index is 9.01. The number of benzene rings is 12. The molecule has 0 saturated heterocycles. The lowest BCUT2D eigenvalue weighted by atomic mass is 9.85. The first-order valence-corrected chi connectivity index (χ1v) is 56.0. The summed E-state index contributed by atoms with van der Waals surface area (Å²) in [5.74, 6) is 10.1. The molecule has 0 aliphatic carbocycles. The highest BCUT2D eigenvalue weighted by Gasteiger charge is 2.19. The van der Waals surface area contributed by atoms with Crippen molar-refractivity contribution in [2.75, 3.05) is 20.3 Å². The van der Waals surface area contributed by atoms with Crippen LogP contribution in [0.1, 0.15) is 440 Å². The zero-order chi connectivity index (χ0) is 110. The minimum absolute atomic E-state index is 0.214. The molecule has 12 rings (SSSR count). The van der Waals surface area contributed by atoms with Crippen molar-refractivity contribution in [2.45, 2.75) is 413 Å². The summed E-state index contributed by atoms with van der Waals surface area (Å²) in [7, 11) is 1.68. The fourth-order valence-electron chi connectivity index (χ4n) is 15.6. The lowest BCUT2D eigenvalue weighted by molar-refractivity contribution is -0.0759. The lowest BCUT2D eigenvalue weighted by Gasteiger charge is -2.20. The zero-order valence-electron chi connectivity index (χ0n) is 98.1. The molecule has 0 spiro atoms. The van der Waals surface area contributed by atoms with Crippen LogP contribution in [0.4, 0.5) is 0 Å². The van der Waals surface area contributed by atoms with Crippen molar-refractivity contribution in [3.8, 4) is 40.2 Å². The van der Waals surface area contributed by atoms with E-state index in [4.69, 9.17) is 48.5 Å². The Kier molecular flexibility index (Phi) is 61.4. The van der Waals surface area contributed by atoms with Crippen LogP contribution in [0.3, 0.4) is 0 Å². The molecule has 0 heterocycles. The van der Waals surface area contributed by atoms with Crippen molar-refractivity contribution in [3.63, 3.8) is 0 Å². The Labute approximate surface area is 901 Å². The van der Waals surface area contributed by atoms with Gasteiger partial charge in [0.1, 0.15) is 40.2 Å². The number of ether oxygens (including phenoxy) is 7. The van der Waals surface area contributed by atoms with Crippen molar-refractivity contribution >= 4 is 0 Å². The summed E-state index contributed by atoms with van der Waals surface area (Å²) in [6.07, 6.45) is 16.1. The normalized spacial score (nSPS) is 13.5. The predicted octanol–water partition coefficient (Wildman–Crippen LogP) is 39.8. The van der Waals surface area contributed by atoms with Gasteiger partial charge in [-0.25, -0.2) is 0 Å². The number of methoxy groups -OCH3 is 1. The van der Waals surface area contributed by atoms with Crippen molar-refractivity contribution in [3.05, 3.63) is 386 Å². The molecule has 0 aromatic heterocycles. The first-order chi connectivity index (χ1) is 70.4. The molecular formula is C138H198O10. The van der Waals surface area contributed by atoms with Gasteiger partial charge in [-0.15, -0.1) is 0 Å². The van der Waals surface area contributed by atoms with E-state index in [0.717, 1.165) is 107 Å². The Hall–Kier alpha value is -10.9. The van der Waals surface area contributed by atoms with Crippen LogP contribution in [-0.4, -0.2) is 54.5 Å². The lowest BCUT2D eigenvalue weighted by Crippen LogP contribution is -2.17. The highest BCUT2D eigenvalue weighted by atomic mass is 16.7. The monoisotopic (exact) mass is 2020 g/mol. The van der Waals surface area contributed by atoms with Crippen LogP contribution in [0.5, 0.6) is 40.2 Å². The second-order valence-corrected chi connectivity index (χ2v) is 43.6. The maximum Gasteiger partial charge on any atom is 0.197 e. The van der Waals surface area contributed by atoms with Crippen LogP contribution < -0.4 is 18.9 Å². The summed E-state index contributed by atoms with van der Waals surface area (Å²) in [5.41, 5.74) is 23.9. The topological polar surface area (TPSA) is 125 Å². The molecule has 0 amide bonds. The van der Waals surface area contributed by atoms with E-state index in [1.807, 2.05) is 106 Å². The van der Waals surface area contributed by atoms with Gasteiger partial charge in [-0.3, -0.25) is 0 Å². The van der Waals surface area contributed by atoms with E-state index in [-0.39, 0.29) is 35.1 Å². The van der Waals surface area contributed by atoms with E-state index in [9.17, 15) is 0 Å². The first kappa shape index (κ1) is 129. The van der Waals surface area contributed by atoms with Crippen LogP contribution >= 0.6 is 0 Å². The fraction of sp³-hybridized carbons (Fsp3) is 0.478. The molecule has 12 unspecified atom stereocenters. The Bertz CT molecular complexity index is 5070. The van der Waals surface area contributed by atoms with Crippen molar-refractivity contribution in [1.82, 2.24) is 0 Å². The SMILES string of the molecule is CCC(C)c1ccc(C(C)(C)C)cc1.CCC(C)c1ccc(C(C)(C)C)cc1.CCC(C)c1ccc(C(C)(C)C)cc1.CCC(C)c1ccc(O)cc1.CCC(C)c1ccc(O)cc1.CCC(C)c1ccc(O)cc1.CCC(C)c1ccc(OC(C)OCCCCc2ccc(C)cc2)cc1.CCC(C)c1ccc(OC(C)OCCCc2ccc(OC)cc2)cc1.CCc1ccc(COC(C)Oc2ccc(C(C)CC)cc2)cc1. The molecule has 12 aromatic rings. The molecule has 10 nitrogen and oxygen atoms in total. The van der Waals surface area contributed by atoms with Crippen LogP contribution in [-0.2, 0) is 56.3 Å². The van der Waals surface area contributed by atoms with Crippen LogP contribution in [0.15, 0.2) is 291 Å². The van der Waals surface area contributed by atoms with Gasteiger partial charge >= 0.3 is 0 Å². The number of hydrogen-bond donors (Lipinski definition) is 3. The van der Waals surface area contributed by atoms with Gasteiger partial charge in [-0.1, -0.05) is 406 Å². The van der Waals surface area contributed by atoms with E-state index in [0.29, 0.717) is 83.7 Å². The molecule has 12 atom stereocenters. The Balaban J connectivity index is 0.000000353. The Morgan fingerprint density at radius 2 is 0.426 bits per heavy atom. The molecule has 0 fully saturated rings. The van der Waals surface area contributed by atoms with Gasteiger partial charge in [0.2, 0.25) is 0 Å². The molecule has 10 heteroatoms. The van der Waals surface area contributed by atoms with Gasteiger partial charge < -0.3 is 48.5 Å². The highest BCUT2D eigenvalue weighted by Crippen LogP contribution is 2.33. The average Bonchev–Trinajstić information content (AvgIpc) is 0.850. The quantitative estimate of drug-likeness (QED) is 0.0253. The molecule has 810 valence electrons. The first-order valence-electron chi connectivity index (χ1n) is 56.0. The van der Waals surface area contributed by atoms with E-state index < -0.39 is 0 Å². The zero-order valence-corrected chi connectivity index (χ0v) is 98.1. The van der Waals surface area contributed by atoms with Gasteiger partial charge in [0.15, 0.2) is 18.9 Å². The summed E-state index contributed by atoms with van der Waals surface area (Å²) >= 11 is 0. The molecular weight excluding hydrogens is 1820 g/mol. The molecule has 0 radical (unpaired) electrons. The predicted molar refractivity (Wildman–Crippen MR) is 636 cm³/mol. The molecule has 0 aliphatic heterocycles. The van der Waals surface area contributed by atoms with E-state index in [2.05, 4.69) is 371 Å². The highest BCUT2D eigenvalue weighted by molar-refractivity contribution is 5.38. The number of rotatable bonds is 40. The van der Waals surface area contributed by atoms with E-state index in [1.165, 1.54) is 114 Å². The van der Waals surface area contributed by atoms with E-state index >= 15 is 0 Å². The largest absolute Gasteiger partial charge is 0.508 e. The number of unbranched alkanes of at least 4 members (excludes halogenated alkanes) is 1. The molecule has 3 N–H and O–H groups in total. The number of phenolic OH excluding ortho intramolecular Hbond substituents is 3. The van der Waals surface area contributed by atoms with Crippen LogP contribution in [0.25, 0.3) is 0 Å². The van der Waals surface area contributed by atoms with Gasteiger partial charge in [0, 0.05) is 0 Å². The molecule has 0 aliphatic rings. The molecule has 12 aromatic carbocycles. The minimum Gasteiger partial charge on any atom is -0.508 e. The molecule has 148 heavy (non-hydrogen) atoms. The number of phenols is 3. The summed E-state index contributed by atoms with van der Waals surface area (Å²) < 4.78 is 40.0. The smallest absolute Gasteiger partial charge is 0.197 e. The third-order valence-electron chi connectivity index (χ3n) is 28.6. The average molecular weight is 2020 g/mol. The summed E-state index contributed by atoms with van der Waals surface area (Å²) in [4.78, 5) is 0. The van der Waals surface area contributed by atoms with Crippen molar-refractivity contribution in [2.24, 2.45) is 0 Å². The van der Waals surface area contributed by atoms with Crippen LogP contribution in [0.2, 0.25) is 0 Å². The van der Waals surface area contributed by atoms with E-state index in [1.54, 1.807) is 43.5 Å². The van der Waals surface area contributed by atoms with Gasteiger partial charge in [-0.05, 0) is 367 Å². The van der Waals surface area contributed by atoms with Gasteiger partial charge in [-0.2, -0.15) is 0 Å². The number of hydrogen-bond acceptors (Lipinski definition) is 10. The van der Waals surface area contributed by atoms with Crippen molar-refractivity contribution in [1.29, 1.82) is 0 Å². The maximum atomic E-state index is 9.01. The number of aryl methyl sites for hydroxylation is 4. The second kappa shape index (κ2) is 70.2. The van der Waals surface area contributed by atoms with Crippen LogP contribution in [0, 0.1) is 6.92 Å². The van der Waals surface area contributed by atoms with Crippen molar-refractivity contribution < 1.29 is 48.5 Å². The third-order valence-corrected chi connectivity index (χ3v) is 28.6. The van der Waals surface area contributed by atoms with Gasteiger partial charge in [0.25, 0.3) is 0 Å². The number of aromatic hydroxyl groups is 3. The summed E-state index contributed by atoms with van der Waals surface area (Å²) in [6, 6.07) is 100. The summed E-state index contributed by atoms with van der Waals surface area (Å²) in [5, 5.41) is 27.0. The second-order valence-electron chi connectivity index (χ2n) is 43.6. The third kappa shape index (κ3) is 51.6. The standard InChI is InChI=1S/C23H32O2.C22H30O3.C21H28O2.3C14H22.3C10H14O/c1-5-19(3)22-13-15-23(16-14-22)25-20(4)24-17-7-6-8-21-11-9-18(2)10-12-21;1-5-17(2)20-10-14-22(15-11-20)25-18(3)24-16-6-7-19-8-12-21(23-4)13-9-19;1-5-16(3)20-11-13-21(14-12-20)23-17(4)22-15-19-9-7-18(6-2)8-10-19;3*1-6-11(2)12-7-9-13(10-8-12)14(3,4)5;3*1-3-8(2)9-4-6-10(11)7-5-9/h9-16,19-20H,5-8,17H2,1-4H3;8-15,17-18H,5-7,16H2,1-4H3;7-14,16-17H,5-6,15H2,1-4H3;3*7-11H,6H2,1-5H3;3*4-8,11H,3H2,1-2H3. The summed E-state index contributed by atoms with van der Waals surface area (Å²) in [6.45, 7) is 72.4. The fourth-order valence-corrected chi connectivity index (χ4v) is 15.6.